The molecule has 0 saturated heterocycles. The largest absolute Gasteiger partial charge is 0.264 e. The molecule has 0 N–H and O–H groups in total. The Labute approximate surface area is 88.9 Å². The number of halogens is 3. The third-order valence-electron chi connectivity index (χ3n) is 1.77. The molecule has 0 spiro atoms. The fourth-order valence-corrected chi connectivity index (χ4v) is 1.35. The molecule has 0 atom stereocenters. The summed E-state index contributed by atoms with van der Waals surface area (Å²) in [6.45, 7) is 0.299. The first kappa shape index (κ1) is 10.2. The van der Waals surface area contributed by atoms with Crippen molar-refractivity contribution in [3.63, 3.8) is 0 Å². The molecular weight excluding hydrogens is 226 g/mol. The normalized spacial score (nSPS) is 12.3. The van der Waals surface area contributed by atoms with E-state index in [4.69, 9.17) is 11.6 Å². The number of hydrogen-bond acceptors (Lipinski definition) is 3. The smallest absolute Gasteiger partial charge is 0.241 e. The summed E-state index contributed by atoms with van der Waals surface area (Å²) < 4.78 is 26.7. The zero-order valence-electron chi connectivity index (χ0n) is 7.78. The Bertz CT molecular complexity index is 491. The van der Waals surface area contributed by atoms with Crippen molar-refractivity contribution in [2.75, 3.05) is 0 Å². The molecule has 0 aromatic carbocycles. The van der Waals surface area contributed by atoms with Gasteiger partial charge >= 0.3 is 0 Å². The highest BCUT2D eigenvalue weighted by molar-refractivity contribution is 6.28. The average Bonchev–Trinajstić information content (AvgIpc) is 2.46. The number of fused-ring (bicyclic) bond motifs is 1. The van der Waals surface area contributed by atoms with Crippen molar-refractivity contribution in [1.29, 1.82) is 0 Å². The number of nitrogens with zero attached hydrogens (tertiary/aromatic N) is 4. The van der Waals surface area contributed by atoms with Gasteiger partial charge in [0, 0.05) is 13.1 Å². The summed E-state index contributed by atoms with van der Waals surface area (Å²) in [5, 5.41) is 4.40. The Morgan fingerprint density at radius 2 is 2.20 bits per heavy atom. The van der Waals surface area contributed by atoms with Crippen LogP contribution < -0.4 is 0 Å². The Balaban J connectivity index is 2.48. The molecule has 80 valence electrons. The van der Waals surface area contributed by atoms with Crippen LogP contribution >= 0.6 is 11.6 Å². The molecule has 0 aliphatic rings. The minimum Gasteiger partial charge on any atom is -0.241 e. The highest BCUT2D eigenvalue weighted by Crippen LogP contribution is 2.18. The van der Waals surface area contributed by atoms with Crippen LogP contribution in [0.15, 0.2) is 12.4 Å². The SMILES string of the molecule is CC(F)(F)Cn1ncc2cnc(Cl)nc21. The number of rotatable bonds is 2. The van der Waals surface area contributed by atoms with Gasteiger partial charge in [-0.15, -0.1) is 0 Å². The van der Waals surface area contributed by atoms with E-state index in [0.29, 0.717) is 11.0 Å². The first-order valence-corrected chi connectivity index (χ1v) is 4.55. The van der Waals surface area contributed by atoms with Crippen molar-refractivity contribution in [3.8, 4) is 0 Å². The molecule has 0 fully saturated rings. The van der Waals surface area contributed by atoms with E-state index in [1.54, 1.807) is 0 Å². The maximum Gasteiger partial charge on any atom is 0.264 e. The van der Waals surface area contributed by atoms with E-state index >= 15 is 0 Å². The van der Waals surface area contributed by atoms with Crippen LogP contribution in [0.2, 0.25) is 5.28 Å². The molecule has 7 heteroatoms. The van der Waals surface area contributed by atoms with Crippen molar-refractivity contribution in [2.45, 2.75) is 19.4 Å². The number of hydrogen-bond donors (Lipinski definition) is 0. The first-order valence-electron chi connectivity index (χ1n) is 4.17. The van der Waals surface area contributed by atoms with E-state index in [1.807, 2.05) is 0 Å². The average molecular weight is 233 g/mol. The zero-order chi connectivity index (χ0) is 11.1. The van der Waals surface area contributed by atoms with Gasteiger partial charge in [0.2, 0.25) is 5.28 Å². The maximum atomic E-state index is 12.8. The van der Waals surface area contributed by atoms with Gasteiger partial charge in [-0.05, 0) is 11.6 Å². The summed E-state index contributed by atoms with van der Waals surface area (Å²) in [5.74, 6) is -2.84. The predicted molar refractivity (Wildman–Crippen MR) is 51.0 cm³/mol. The van der Waals surface area contributed by atoms with Crippen LogP contribution in [-0.4, -0.2) is 25.7 Å². The quantitative estimate of drug-likeness (QED) is 0.745. The van der Waals surface area contributed by atoms with Crippen LogP contribution in [0.3, 0.4) is 0 Å². The van der Waals surface area contributed by atoms with Crippen LogP contribution in [0.1, 0.15) is 6.92 Å². The van der Waals surface area contributed by atoms with Gasteiger partial charge in [-0.3, -0.25) is 0 Å². The van der Waals surface area contributed by atoms with Gasteiger partial charge in [0.1, 0.15) is 6.54 Å². The van der Waals surface area contributed by atoms with Crippen LogP contribution in [0.5, 0.6) is 0 Å². The third kappa shape index (κ3) is 2.20. The van der Waals surface area contributed by atoms with Gasteiger partial charge < -0.3 is 0 Å². The molecule has 0 bridgehead atoms. The molecule has 2 rings (SSSR count). The number of alkyl halides is 2. The fourth-order valence-electron chi connectivity index (χ4n) is 1.22. The predicted octanol–water partition coefficient (Wildman–Crippen LogP) is 2.13. The fraction of sp³-hybridized carbons (Fsp3) is 0.375. The van der Waals surface area contributed by atoms with E-state index < -0.39 is 12.5 Å². The summed E-state index contributed by atoms with van der Waals surface area (Å²) in [6.07, 6.45) is 2.87. The second-order valence-electron chi connectivity index (χ2n) is 3.29. The molecule has 0 amide bonds. The Kier molecular flexibility index (Phi) is 2.30. The van der Waals surface area contributed by atoms with Gasteiger partial charge in [-0.25, -0.2) is 18.4 Å². The molecule has 4 nitrogen and oxygen atoms in total. The molecule has 15 heavy (non-hydrogen) atoms. The second-order valence-corrected chi connectivity index (χ2v) is 3.63. The summed E-state index contributed by atoms with van der Waals surface area (Å²) in [7, 11) is 0. The maximum absolute atomic E-state index is 12.8. The van der Waals surface area contributed by atoms with E-state index in [0.717, 1.165) is 11.6 Å². The molecule has 0 aliphatic carbocycles. The van der Waals surface area contributed by atoms with Gasteiger partial charge in [0.25, 0.3) is 5.92 Å². The summed E-state index contributed by atoms with van der Waals surface area (Å²) in [4.78, 5) is 7.57. The molecule has 0 radical (unpaired) electrons. The molecule has 2 aromatic heterocycles. The Hall–Kier alpha value is -1.30. The molecule has 0 aliphatic heterocycles. The summed E-state index contributed by atoms with van der Waals surface area (Å²) >= 11 is 5.57. The monoisotopic (exact) mass is 232 g/mol. The van der Waals surface area contributed by atoms with Crippen LogP contribution in [0.25, 0.3) is 11.0 Å². The van der Waals surface area contributed by atoms with Crippen LogP contribution in [-0.2, 0) is 6.54 Å². The lowest BCUT2D eigenvalue weighted by atomic mass is 10.4. The minimum absolute atomic E-state index is 0.0173. The van der Waals surface area contributed by atoms with Gasteiger partial charge in [0.15, 0.2) is 5.65 Å². The van der Waals surface area contributed by atoms with Crippen LogP contribution in [0.4, 0.5) is 8.78 Å². The first-order chi connectivity index (χ1) is 6.96. The van der Waals surface area contributed by atoms with Crippen molar-refractivity contribution in [2.24, 2.45) is 0 Å². The highest BCUT2D eigenvalue weighted by Gasteiger charge is 2.23. The highest BCUT2D eigenvalue weighted by atomic mass is 35.5. The summed E-state index contributed by atoms with van der Waals surface area (Å²) in [5.41, 5.74) is 0.316. The van der Waals surface area contributed by atoms with E-state index in [1.165, 1.54) is 12.4 Å². The Morgan fingerprint density at radius 1 is 1.47 bits per heavy atom. The molecule has 0 saturated carbocycles. The van der Waals surface area contributed by atoms with E-state index in [2.05, 4.69) is 15.1 Å². The van der Waals surface area contributed by atoms with Gasteiger partial charge in [-0.1, -0.05) is 0 Å². The summed E-state index contributed by atoms with van der Waals surface area (Å²) in [6, 6.07) is 0. The lowest BCUT2D eigenvalue weighted by Gasteiger charge is -2.09. The minimum atomic E-state index is -2.84. The molecule has 2 aromatic rings. The zero-order valence-corrected chi connectivity index (χ0v) is 8.54. The van der Waals surface area contributed by atoms with Crippen molar-refractivity contribution in [1.82, 2.24) is 19.7 Å². The van der Waals surface area contributed by atoms with Crippen molar-refractivity contribution in [3.05, 3.63) is 17.7 Å². The lowest BCUT2D eigenvalue weighted by molar-refractivity contribution is 0.00166. The van der Waals surface area contributed by atoms with Gasteiger partial charge in [-0.2, -0.15) is 10.1 Å². The van der Waals surface area contributed by atoms with E-state index in [-0.39, 0.29) is 5.28 Å². The number of aromatic nitrogens is 4. The second kappa shape index (κ2) is 3.37. The van der Waals surface area contributed by atoms with E-state index in [9.17, 15) is 8.78 Å². The topological polar surface area (TPSA) is 43.6 Å². The van der Waals surface area contributed by atoms with Crippen LogP contribution in [0, 0.1) is 0 Å². The molecular formula is C8H7ClF2N4. The third-order valence-corrected chi connectivity index (χ3v) is 1.96. The lowest BCUT2D eigenvalue weighted by Crippen LogP contribution is -2.20. The standard InChI is InChI=1S/C8H7ClF2N4/c1-8(10,11)4-15-6-5(3-13-15)2-12-7(9)14-6/h2-3H,4H2,1H3. The van der Waals surface area contributed by atoms with Gasteiger partial charge in [0.05, 0.1) is 11.6 Å². The van der Waals surface area contributed by atoms with Crippen molar-refractivity contribution < 1.29 is 8.78 Å². The molecule has 2 heterocycles. The molecule has 0 unspecified atom stereocenters. The van der Waals surface area contributed by atoms with Crippen molar-refractivity contribution >= 4 is 22.6 Å². The Morgan fingerprint density at radius 3 is 2.87 bits per heavy atom.